The lowest BCUT2D eigenvalue weighted by Gasteiger charge is -2.28. The number of H-pyrrole nitrogens is 1. The molecule has 7 heterocycles. The Kier molecular flexibility index (Phi) is 16.5. The molecule has 0 aliphatic carbocycles. The van der Waals surface area contributed by atoms with Gasteiger partial charge in [-0.15, -0.1) is 0 Å². The molecule has 1 aliphatic rings. The fourth-order valence-electron chi connectivity index (χ4n) is 8.54. The van der Waals surface area contributed by atoms with E-state index >= 15 is 0 Å². The molecule has 0 spiro atoms. The number of carbonyl (C=O) groups is 6. The molecule has 1 saturated heterocycles. The van der Waals surface area contributed by atoms with Crippen LogP contribution in [0.2, 0.25) is 0 Å². The van der Waals surface area contributed by atoms with Gasteiger partial charge in [0.1, 0.15) is 28.8 Å². The fourth-order valence-corrected chi connectivity index (χ4v) is 8.54. The van der Waals surface area contributed by atoms with Crippen LogP contribution in [0.5, 0.6) is 0 Å². The van der Waals surface area contributed by atoms with Crippen molar-refractivity contribution in [1.82, 2.24) is 49.7 Å². The van der Waals surface area contributed by atoms with Crippen LogP contribution in [0, 0.1) is 0 Å². The minimum absolute atomic E-state index is 0.0966. The summed E-state index contributed by atoms with van der Waals surface area (Å²) in [4.78, 5) is 100. The Balaban J connectivity index is 0.000000234. The second kappa shape index (κ2) is 23.4. The molecule has 8 aromatic rings. The van der Waals surface area contributed by atoms with Crippen molar-refractivity contribution < 1.29 is 43.0 Å². The molecule has 1 unspecified atom stereocenters. The third-order valence-electron chi connectivity index (χ3n) is 12.3. The molecule has 0 bridgehead atoms. The van der Waals surface area contributed by atoms with E-state index in [1.807, 2.05) is 67.6 Å². The zero-order valence-corrected chi connectivity index (χ0v) is 44.7. The molecule has 5 N–H and O–H groups in total. The van der Waals surface area contributed by atoms with E-state index in [0.29, 0.717) is 46.8 Å². The Bertz CT molecular complexity index is 3500. The van der Waals surface area contributed by atoms with Crippen LogP contribution in [0.25, 0.3) is 43.4 Å². The highest BCUT2D eigenvalue weighted by atomic mass is 16.6. The lowest BCUT2D eigenvalue weighted by Crippen LogP contribution is -2.44. The molecule has 23 heteroatoms. The Hall–Kier alpha value is -9.12. The summed E-state index contributed by atoms with van der Waals surface area (Å²) in [6.07, 6.45) is 9.15. The number of anilines is 4. The average molecular weight is 1060 g/mol. The van der Waals surface area contributed by atoms with Crippen LogP contribution in [0.3, 0.4) is 0 Å². The summed E-state index contributed by atoms with van der Waals surface area (Å²) < 4.78 is 18.7. The molecule has 78 heavy (non-hydrogen) atoms. The van der Waals surface area contributed by atoms with Crippen molar-refractivity contribution >= 4 is 102 Å². The van der Waals surface area contributed by atoms with Gasteiger partial charge in [0.15, 0.2) is 5.82 Å². The molecule has 1 aliphatic heterocycles. The summed E-state index contributed by atoms with van der Waals surface area (Å²) in [5.41, 5.74) is 6.41. The lowest BCUT2D eigenvalue weighted by atomic mass is 10.1. The van der Waals surface area contributed by atoms with E-state index in [1.54, 1.807) is 71.7 Å². The predicted octanol–water partition coefficient (Wildman–Crippen LogP) is 8.42. The first kappa shape index (κ1) is 55.1. The highest BCUT2D eigenvalue weighted by Crippen LogP contribution is 2.34. The van der Waals surface area contributed by atoms with Gasteiger partial charge in [0.05, 0.1) is 70.7 Å². The van der Waals surface area contributed by atoms with Crippen LogP contribution in [-0.4, -0.2) is 116 Å². The Labute approximate surface area is 448 Å². The average Bonchev–Trinajstić information content (AvgIpc) is 4.18. The summed E-state index contributed by atoms with van der Waals surface area (Å²) in [7, 11) is 0. The van der Waals surface area contributed by atoms with Crippen molar-refractivity contribution in [3.8, 4) is 0 Å². The Morgan fingerprint density at radius 1 is 0.692 bits per heavy atom. The predicted molar refractivity (Wildman–Crippen MR) is 293 cm³/mol. The number of hydrogen-bond donors (Lipinski definition) is 4. The maximum Gasteiger partial charge on any atom is 0.425 e. The number of benzene rings is 2. The molecule has 9 rings (SSSR count). The molecule has 23 nitrogen and oxygen atoms in total. The number of carbonyl (C=O) groups excluding carboxylic acids is 6. The summed E-state index contributed by atoms with van der Waals surface area (Å²) >= 11 is 0. The largest absolute Gasteiger partial charge is 0.443 e. The molecule has 0 saturated carbocycles. The maximum absolute atomic E-state index is 13.5. The van der Waals surface area contributed by atoms with Gasteiger partial charge in [-0.1, -0.05) is 48.5 Å². The van der Waals surface area contributed by atoms with E-state index in [9.17, 15) is 28.8 Å². The van der Waals surface area contributed by atoms with Crippen molar-refractivity contribution in [2.24, 2.45) is 0 Å². The normalized spacial score (nSPS) is 13.6. The number of aromatic nitrogens is 8. The van der Waals surface area contributed by atoms with E-state index < -0.39 is 53.2 Å². The van der Waals surface area contributed by atoms with E-state index in [2.05, 4.69) is 40.8 Å². The molecular formula is C55H62N14O9. The standard InChI is InChI=1S/C35H43N7O7.C20H19N7O2/c1-8-40(21-26-23-14-10-9-13-22(23)16-17-36-26)31(44)30(43)38-25-19-37-29(24-20-41(39-28(24)25)27-15-11-12-18-47-27)42(32(45)48-34(2,3)4)33(46)49-35(5,6)7;1-2-27(11-16-13-6-4-3-5-12(13)7-8-22-16)20(29)19(28)25-15-10-23-18(21)14-9-24-26-17(14)15/h9-10,13-14,16-17,19-20,27H,8,11-12,15,18,21H2,1-7H3,(H,38,43);3-10H,2,11H2,1H3,(H2,21,23)(H,24,26)(H,25,28). The number of likely N-dealkylation sites (N-methyl/N-ethyl adjacent to an activating group) is 2. The number of nitrogens with one attached hydrogen (secondary N) is 3. The summed E-state index contributed by atoms with van der Waals surface area (Å²) in [6.45, 7) is 15.1. The van der Waals surface area contributed by atoms with Gasteiger partial charge in [-0.05, 0) is 97.6 Å². The van der Waals surface area contributed by atoms with E-state index in [-0.39, 0.29) is 47.9 Å². The number of hydrogen-bond acceptors (Lipinski definition) is 16. The summed E-state index contributed by atoms with van der Waals surface area (Å²) in [5.74, 6) is -2.97. The second-order valence-corrected chi connectivity index (χ2v) is 20.2. The second-order valence-electron chi connectivity index (χ2n) is 20.2. The Morgan fingerprint density at radius 2 is 1.23 bits per heavy atom. The van der Waals surface area contributed by atoms with Gasteiger partial charge in [0.25, 0.3) is 0 Å². The first-order valence-electron chi connectivity index (χ1n) is 25.4. The smallest absolute Gasteiger partial charge is 0.425 e. The van der Waals surface area contributed by atoms with Crippen molar-refractivity contribution in [3.05, 3.63) is 109 Å². The number of imide groups is 1. The third kappa shape index (κ3) is 12.8. The van der Waals surface area contributed by atoms with Gasteiger partial charge < -0.3 is 40.4 Å². The van der Waals surface area contributed by atoms with Gasteiger partial charge in [-0.25, -0.2) is 24.2 Å². The molecule has 406 valence electrons. The minimum Gasteiger partial charge on any atom is -0.443 e. The number of ether oxygens (including phenoxy) is 3. The number of amides is 6. The van der Waals surface area contributed by atoms with Crippen molar-refractivity contribution in [2.45, 2.75) is 105 Å². The molecule has 6 aromatic heterocycles. The monoisotopic (exact) mass is 1060 g/mol. The summed E-state index contributed by atoms with van der Waals surface area (Å²) in [5, 5.41) is 21.2. The zero-order valence-electron chi connectivity index (χ0n) is 44.7. The zero-order chi connectivity index (χ0) is 55.9. The van der Waals surface area contributed by atoms with Crippen LogP contribution in [0.4, 0.5) is 32.6 Å². The molecule has 1 atom stereocenters. The van der Waals surface area contributed by atoms with Crippen LogP contribution in [-0.2, 0) is 46.5 Å². The quantitative estimate of drug-likeness (QED) is 0.0935. The van der Waals surface area contributed by atoms with E-state index in [4.69, 9.17) is 25.0 Å². The first-order valence-corrected chi connectivity index (χ1v) is 25.4. The number of aromatic amines is 1. The van der Waals surface area contributed by atoms with E-state index in [1.165, 1.54) is 28.4 Å². The van der Waals surface area contributed by atoms with Crippen LogP contribution < -0.4 is 21.3 Å². The van der Waals surface area contributed by atoms with Gasteiger partial charge in [0.2, 0.25) is 0 Å². The third-order valence-corrected chi connectivity index (χ3v) is 12.3. The SMILES string of the molecule is CCN(Cc1nccc2ccccc12)C(=O)C(=O)Nc1cnc(N(C(=O)OC(C)(C)C)C(=O)OC(C)(C)C)c2cn(C3CCCCO3)nc12.CCN(Cc1nccc2ccccc12)C(=O)C(=O)Nc1cnc(N)c2cn[nH]c12. The number of pyridine rings is 4. The van der Waals surface area contributed by atoms with Gasteiger partial charge in [0, 0.05) is 49.1 Å². The highest BCUT2D eigenvalue weighted by Gasteiger charge is 2.36. The molecule has 6 amide bonds. The topological polar surface area (TPSA) is 288 Å². The van der Waals surface area contributed by atoms with Crippen LogP contribution in [0.15, 0.2) is 97.8 Å². The molecule has 1 fully saturated rings. The number of nitrogens with zero attached hydrogens (tertiary/aromatic N) is 10. The number of rotatable bonds is 10. The van der Waals surface area contributed by atoms with Gasteiger partial charge in [-0.2, -0.15) is 15.1 Å². The highest BCUT2D eigenvalue weighted by molar-refractivity contribution is 6.40. The number of nitrogens with two attached hydrogens (primary N) is 1. The molecular weight excluding hydrogens is 1000 g/mol. The lowest BCUT2D eigenvalue weighted by molar-refractivity contribution is -0.143. The minimum atomic E-state index is -1.01. The number of fused-ring (bicyclic) bond motifs is 4. The number of nitrogen functional groups attached to an aromatic ring is 1. The van der Waals surface area contributed by atoms with Crippen molar-refractivity contribution in [1.29, 1.82) is 0 Å². The van der Waals surface area contributed by atoms with Crippen LogP contribution in [0.1, 0.15) is 92.3 Å². The fraction of sp³-hybridized carbons (Fsp3) is 0.345. The molecule has 0 radical (unpaired) electrons. The molecule has 2 aromatic carbocycles. The van der Waals surface area contributed by atoms with E-state index in [0.717, 1.165) is 40.1 Å². The van der Waals surface area contributed by atoms with Crippen molar-refractivity contribution in [2.75, 3.05) is 41.0 Å². The van der Waals surface area contributed by atoms with Gasteiger partial charge >= 0.3 is 35.8 Å². The maximum atomic E-state index is 13.5. The Morgan fingerprint density at radius 3 is 1.76 bits per heavy atom. The van der Waals surface area contributed by atoms with Crippen molar-refractivity contribution in [3.63, 3.8) is 0 Å². The van der Waals surface area contributed by atoms with Gasteiger partial charge in [-0.3, -0.25) is 34.2 Å². The van der Waals surface area contributed by atoms with Crippen LogP contribution >= 0.6 is 0 Å². The summed E-state index contributed by atoms with van der Waals surface area (Å²) in [6, 6.07) is 19.3. The first-order chi connectivity index (χ1) is 37.2.